The molecule has 1 aromatic heterocycles. The molecular formula is C15H13NO3. The fourth-order valence-corrected chi connectivity index (χ4v) is 2.00. The van der Waals surface area contributed by atoms with Gasteiger partial charge in [-0.05, 0) is 17.7 Å². The fraction of sp³-hybridized carbons (Fsp3) is 0.0667. The SMILES string of the molecule is Oc1cccc2c(O)n(OCc3ccccc3)cc12. The van der Waals surface area contributed by atoms with Crippen LogP contribution in [0.15, 0.2) is 54.7 Å². The molecule has 0 amide bonds. The zero-order chi connectivity index (χ0) is 13.2. The summed E-state index contributed by atoms with van der Waals surface area (Å²) < 4.78 is 1.28. The van der Waals surface area contributed by atoms with Gasteiger partial charge < -0.3 is 15.1 Å². The molecular weight excluding hydrogens is 242 g/mol. The van der Waals surface area contributed by atoms with Crippen LogP contribution in [0.4, 0.5) is 0 Å². The lowest BCUT2D eigenvalue weighted by molar-refractivity contribution is 0.0816. The van der Waals surface area contributed by atoms with Crippen molar-refractivity contribution in [3.05, 3.63) is 60.3 Å². The maximum Gasteiger partial charge on any atom is 0.232 e. The Bertz CT molecular complexity index is 704. The van der Waals surface area contributed by atoms with E-state index in [9.17, 15) is 10.2 Å². The van der Waals surface area contributed by atoms with Crippen LogP contribution in [0.1, 0.15) is 5.56 Å². The molecule has 0 aliphatic carbocycles. The molecule has 19 heavy (non-hydrogen) atoms. The predicted octanol–water partition coefficient (Wildman–Crippen LogP) is 2.68. The van der Waals surface area contributed by atoms with Crippen molar-refractivity contribution in [2.24, 2.45) is 0 Å². The molecule has 96 valence electrons. The molecule has 3 rings (SSSR count). The maximum atomic E-state index is 10.0. The van der Waals surface area contributed by atoms with Gasteiger partial charge in [-0.15, -0.1) is 0 Å². The molecule has 0 aliphatic rings. The molecule has 4 heteroatoms. The number of hydrogen-bond acceptors (Lipinski definition) is 3. The molecule has 2 N–H and O–H groups in total. The number of benzene rings is 2. The molecule has 0 saturated heterocycles. The Balaban J connectivity index is 1.89. The van der Waals surface area contributed by atoms with Gasteiger partial charge >= 0.3 is 0 Å². The van der Waals surface area contributed by atoms with Crippen molar-refractivity contribution in [3.8, 4) is 11.6 Å². The monoisotopic (exact) mass is 255 g/mol. The average Bonchev–Trinajstić information content (AvgIpc) is 2.77. The summed E-state index contributed by atoms with van der Waals surface area (Å²) in [5, 5.41) is 20.9. The van der Waals surface area contributed by atoms with Crippen LogP contribution < -0.4 is 4.84 Å². The maximum absolute atomic E-state index is 10.0. The Morgan fingerprint density at radius 3 is 2.42 bits per heavy atom. The Kier molecular flexibility index (Phi) is 2.76. The van der Waals surface area contributed by atoms with E-state index in [1.165, 1.54) is 4.73 Å². The second kappa shape index (κ2) is 4.57. The van der Waals surface area contributed by atoms with Gasteiger partial charge in [0.05, 0.1) is 11.6 Å². The molecule has 1 heterocycles. The molecule has 0 atom stereocenters. The highest BCUT2D eigenvalue weighted by atomic mass is 16.7. The molecule has 0 aliphatic heterocycles. The first-order valence-corrected chi connectivity index (χ1v) is 5.95. The second-order valence-electron chi connectivity index (χ2n) is 4.28. The summed E-state index contributed by atoms with van der Waals surface area (Å²) in [4.78, 5) is 5.52. The van der Waals surface area contributed by atoms with E-state index in [4.69, 9.17) is 4.84 Å². The zero-order valence-corrected chi connectivity index (χ0v) is 10.2. The van der Waals surface area contributed by atoms with Crippen LogP contribution in [-0.4, -0.2) is 14.9 Å². The first kappa shape index (κ1) is 11.5. The van der Waals surface area contributed by atoms with Gasteiger partial charge in [-0.25, -0.2) is 0 Å². The van der Waals surface area contributed by atoms with Gasteiger partial charge in [-0.2, -0.15) is 4.73 Å². The van der Waals surface area contributed by atoms with Crippen molar-refractivity contribution < 1.29 is 15.1 Å². The first-order chi connectivity index (χ1) is 9.25. The average molecular weight is 255 g/mol. The Morgan fingerprint density at radius 1 is 0.895 bits per heavy atom. The number of nitrogens with zero attached hydrogens (tertiary/aromatic N) is 1. The summed E-state index contributed by atoms with van der Waals surface area (Å²) in [6, 6.07) is 14.7. The molecule has 0 unspecified atom stereocenters. The van der Waals surface area contributed by atoms with Gasteiger partial charge in [-0.1, -0.05) is 36.4 Å². The lowest BCUT2D eigenvalue weighted by Gasteiger charge is -2.07. The van der Waals surface area contributed by atoms with Crippen molar-refractivity contribution >= 4 is 10.8 Å². The third kappa shape index (κ3) is 2.08. The number of phenolic OH excluding ortho intramolecular Hbond substituents is 1. The van der Waals surface area contributed by atoms with Crippen LogP contribution in [-0.2, 0) is 6.61 Å². The van der Waals surface area contributed by atoms with E-state index in [0.717, 1.165) is 5.56 Å². The Hall–Kier alpha value is -2.62. The van der Waals surface area contributed by atoms with Crippen LogP contribution in [0, 0.1) is 0 Å². The van der Waals surface area contributed by atoms with Crippen molar-refractivity contribution in [1.29, 1.82) is 0 Å². The molecule has 0 fully saturated rings. The normalized spacial score (nSPS) is 10.7. The zero-order valence-electron chi connectivity index (χ0n) is 10.2. The van der Waals surface area contributed by atoms with Gasteiger partial charge in [0.2, 0.25) is 5.88 Å². The van der Waals surface area contributed by atoms with Gasteiger partial charge in [-0.3, -0.25) is 0 Å². The fourth-order valence-electron chi connectivity index (χ4n) is 2.00. The quantitative estimate of drug-likeness (QED) is 0.756. The summed E-state index contributed by atoms with van der Waals surface area (Å²) in [6.07, 6.45) is 1.57. The van der Waals surface area contributed by atoms with Crippen LogP contribution in [0.5, 0.6) is 11.6 Å². The molecule has 0 radical (unpaired) electrons. The van der Waals surface area contributed by atoms with Crippen molar-refractivity contribution in [3.63, 3.8) is 0 Å². The molecule has 0 bridgehead atoms. The van der Waals surface area contributed by atoms with E-state index in [1.54, 1.807) is 24.4 Å². The number of fused-ring (bicyclic) bond motifs is 1. The number of hydrogen-bond donors (Lipinski definition) is 2. The highest BCUT2D eigenvalue weighted by molar-refractivity contribution is 5.92. The molecule has 4 nitrogen and oxygen atoms in total. The lowest BCUT2D eigenvalue weighted by Crippen LogP contribution is -2.09. The van der Waals surface area contributed by atoms with E-state index >= 15 is 0 Å². The first-order valence-electron chi connectivity index (χ1n) is 5.95. The van der Waals surface area contributed by atoms with Crippen LogP contribution >= 0.6 is 0 Å². The van der Waals surface area contributed by atoms with E-state index in [2.05, 4.69) is 0 Å². The third-order valence-corrected chi connectivity index (χ3v) is 2.99. The van der Waals surface area contributed by atoms with Crippen LogP contribution in [0.2, 0.25) is 0 Å². The van der Waals surface area contributed by atoms with Crippen molar-refractivity contribution in [1.82, 2.24) is 4.73 Å². The van der Waals surface area contributed by atoms with E-state index in [-0.39, 0.29) is 11.6 Å². The Labute approximate surface area is 110 Å². The Morgan fingerprint density at radius 2 is 1.68 bits per heavy atom. The third-order valence-electron chi connectivity index (χ3n) is 2.99. The number of phenols is 1. The van der Waals surface area contributed by atoms with Crippen LogP contribution in [0.25, 0.3) is 10.8 Å². The minimum absolute atomic E-state index is 0.0122. The van der Waals surface area contributed by atoms with Gasteiger partial charge in [0.1, 0.15) is 12.4 Å². The lowest BCUT2D eigenvalue weighted by atomic mass is 10.2. The number of aromatic nitrogens is 1. The highest BCUT2D eigenvalue weighted by Gasteiger charge is 2.11. The number of aromatic hydroxyl groups is 2. The topological polar surface area (TPSA) is 54.6 Å². The van der Waals surface area contributed by atoms with E-state index in [0.29, 0.717) is 17.4 Å². The van der Waals surface area contributed by atoms with Crippen LogP contribution in [0.3, 0.4) is 0 Å². The summed E-state index contributed by atoms with van der Waals surface area (Å²) in [6.45, 7) is 0.343. The highest BCUT2D eigenvalue weighted by Crippen LogP contribution is 2.32. The largest absolute Gasteiger partial charge is 0.507 e. The second-order valence-corrected chi connectivity index (χ2v) is 4.28. The van der Waals surface area contributed by atoms with E-state index in [1.807, 2.05) is 30.3 Å². The smallest absolute Gasteiger partial charge is 0.232 e. The minimum Gasteiger partial charge on any atom is -0.507 e. The molecule has 2 aromatic carbocycles. The molecule has 0 spiro atoms. The standard InChI is InChI=1S/C15H13NO3/c17-14-8-4-7-12-13(14)9-16(15(12)18)19-10-11-5-2-1-3-6-11/h1-9,17-18H,10H2. The number of rotatable bonds is 3. The van der Waals surface area contributed by atoms with Gasteiger partial charge in [0, 0.05) is 5.39 Å². The minimum atomic E-state index is -0.0122. The van der Waals surface area contributed by atoms with Gasteiger partial charge in [0.15, 0.2) is 0 Å². The molecule has 3 aromatic rings. The molecule has 0 saturated carbocycles. The predicted molar refractivity (Wildman–Crippen MR) is 72.0 cm³/mol. The van der Waals surface area contributed by atoms with E-state index < -0.39 is 0 Å². The summed E-state index contributed by atoms with van der Waals surface area (Å²) in [5.74, 6) is 0.108. The van der Waals surface area contributed by atoms with Crippen molar-refractivity contribution in [2.75, 3.05) is 0 Å². The summed E-state index contributed by atoms with van der Waals surface area (Å²) >= 11 is 0. The summed E-state index contributed by atoms with van der Waals surface area (Å²) in [7, 11) is 0. The van der Waals surface area contributed by atoms with Gasteiger partial charge in [0.25, 0.3) is 0 Å². The summed E-state index contributed by atoms with van der Waals surface area (Å²) in [5.41, 5.74) is 1.00. The van der Waals surface area contributed by atoms with Crippen molar-refractivity contribution in [2.45, 2.75) is 6.61 Å².